The Morgan fingerprint density at radius 2 is 1.42 bits per heavy atom. The summed E-state index contributed by atoms with van der Waals surface area (Å²) in [5.74, 6) is 4.66. The molecule has 0 amide bonds. The summed E-state index contributed by atoms with van der Waals surface area (Å²) >= 11 is 0. The summed E-state index contributed by atoms with van der Waals surface area (Å²) in [5, 5.41) is 0. The molecule has 0 radical (unpaired) electrons. The van der Waals surface area contributed by atoms with E-state index in [2.05, 4.69) is 24.8 Å². The third kappa shape index (κ3) is 3.16. The van der Waals surface area contributed by atoms with Crippen LogP contribution in [0, 0.1) is 35.0 Å². The van der Waals surface area contributed by atoms with Crippen LogP contribution in [0.3, 0.4) is 0 Å². The fraction of sp³-hybridized carbons (Fsp3) is 0.875. The van der Waals surface area contributed by atoms with Crippen LogP contribution in [0.4, 0.5) is 0 Å². The maximum atomic E-state index is 3.82. The molecular weight excluding hydrogens is 288 g/mol. The Morgan fingerprint density at radius 3 is 2.29 bits per heavy atom. The monoisotopic (exact) mass is 326 g/mol. The molecule has 0 saturated heterocycles. The molecule has 4 aliphatic carbocycles. The van der Waals surface area contributed by atoms with Gasteiger partial charge in [-0.3, -0.25) is 0 Å². The second-order valence-corrected chi connectivity index (χ2v) is 9.65. The molecule has 0 aromatic carbocycles. The zero-order chi connectivity index (χ0) is 16.4. The largest absolute Gasteiger partial charge is 0.129 e. The summed E-state index contributed by atoms with van der Waals surface area (Å²) in [7, 11) is 0. The first-order valence-corrected chi connectivity index (χ1v) is 11.2. The van der Waals surface area contributed by atoms with Gasteiger partial charge in [-0.2, -0.15) is 0 Å². The molecule has 0 N–H and O–H groups in total. The van der Waals surface area contributed by atoms with Gasteiger partial charge in [0, 0.05) is 0 Å². The van der Waals surface area contributed by atoms with E-state index in [1.54, 1.807) is 0 Å². The SMILES string of the molecule is CC1C2CCCCC2C2C=C=CC3(CCCCCC2)CCCCC13. The number of allylic oxidation sites excluding steroid dienone is 1. The maximum Gasteiger partial charge on any atom is -0.00117 e. The number of fused-ring (bicyclic) bond motifs is 3. The molecule has 0 heteroatoms. The predicted molar refractivity (Wildman–Crippen MR) is 103 cm³/mol. The highest BCUT2D eigenvalue weighted by atomic mass is 14.5. The molecule has 4 rings (SSSR count). The summed E-state index contributed by atoms with van der Waals surface area (Å²) in [5.41, 5.74) is 4.31. The summed E-state index contributed by atoms with van der Waals surface area (Å²) in [6.07, 6.45) is 25.8. The van der Waals surface area contributed by atoms with Crippen LogP contribution in [0.5, 0.6) is 0 Å². The first kappa shape index (κ1) is 17.0. The molecule has 134 valence electrons. The average molecular weight is 327 g/mol. The van der Waals surface area contributed by atoms with Gasteiger partial charge >= 0.3 is 0 Å². The normalized spacial score (nSPS) is 46.3. The van der Waals surface area contributed by atoms with Crippen molar-refractivity contribution >= 4 is 0 Å². The first-order chi connectivity index (χ1) is 11.8. The van der Waals surface area contributed by atoms with E-state index >= 15 is 0 Å². The van der Waals surface area contributed by atoms with Crippen molar-refractivity contribution in [1.82, 2.24) is 0 Å². The van der Waals surface area contributed by atoms with Crippen molar-refractivity contribution in [2.45, 2.75) is 96.8 Å². The lowest BCUT2D eigenvalue weighted by atomic mass is 9.55. The first-order valence-electron chi connectivity index (χ1n) is 11.2. The zero-order valence-corrected chi connectivity index (χ0v) is 15.9. The molecule has 4 aliphatic rings. The molecule has 6 atom stereocenters. The van der Waals surface area contributed by atoms with Crippen molar-refractivity contribution in [3.63, 3.8) is 0 Å². The smallest absolute Gasteiger partial charge is 0.00117 e. The van der Waals surface area contributed by atoms with E-state index in [9.17, 15) is 0 Å². The Bertz CT molecular complexity index is 482. The number of hydrogen-bond donors (Lipinski definition) is 0. The highest BCUT2D eigenvalue weighted by Gasteiger charge is 2.46. The fourth-order valence-corrected chi connectivity index (χ4v) is 7.26. The van der Waals surface area contributed by atoms with Crippen LogP contribution in [0.15, 0.2) is 17.9 Å². The zero-order valence-electron chi connectivity index (χ0n) is 15.9. The Kier molecular flexibility index (Phi) is 5.24. The molecule has 0 heterocycles. The van der Waals surface area contributed by atoms with Gasteiger partial charge in [-0.1, -0.05) is 58.3 Å². The van der Waals surface area contributed by atoms with Crippen LogP contribution in [-0.4, -0.2) is 0 Å². The minimum atomic E-state index is 0.495. The highest BCUT2D eigenvalue weighted by Crippen LogP contribution is 2.55. The topological polar surface area (TPSA) is 0 Å². The summed E-state index contributed by atoms with van der Waals surface area (Å²) < 4.78 is 0. The lowest BCUT2D eigenvalue weighted by Crippen LogP contribution is -2.41. The van der Waals surface area contributed by atoms with Crippen LogP contribution in [-0.2, 0) is 0 Å². The Labute approximate surface area is 150 Å². The molecule has 24 heavy (non-hydrogen) atoms. The van der Waals surface area contributed by atoms with Gasteiger partial charge < -0.3 is 0 Å². The van der Waals surface area contributed by atoms with E-state index in [0.29, 0.717) is 5.41 Å². The van der Waals surface area contributed by atoms with Crippen molar-refractivity contribution in [3.8, 4) is 0 Å². The molecule has 2 saturated carbocycles. The van der Waals surface area contributed by atoms with Crippen LogP contribution in [0.1, 0.15) is 96.8 Å². The van der Waals surface area contributed by atoms with Crippen molar-refractivity contribution in [3.05, 3.63) is 17.9 Å². The van der Waals surface area contributed by atoms with E-state index < -0.39 is 0 Å². The van der Waals surface area contributed by atoms with Crippen molar-refractivity contribution in [1.29, 1.82) is 0 Å². The van der Waals surface area contributed by atoms with E-state index in [-0.39, 0.29) is 0 Å². The number of hydrogen-bond acceptors (Lipinski definition) is 0. The fourth-order valence-electron chi connectivity index (χ4n) is 7.26. The van der Waals surface area contributed by atoms with Gasteiger partial charge in [0.2, 0.25) is 0 Å². The van der Waals surface area contributed by atoms with Crippen molar-refractivity contribution < 1.29 is 0 Å². The molecule has 0 aromatic rings. The van der Waals surface area contributed by atoms with Crippen LogP contribution >= 0.6 is 0 Å². The lowest BCUT2D eigenvalue weighted by molar-refractivity contribution is 0.0169. The molecule has 0 nitrogen and oxygen atoms in total. The standard InChI is InChI=1S/C24H38/c1-19-21-13-5-6-14-22(21)20-11-4-2-3-8-16-24(18-10-12-20)17-9-7-15-23(19)24/h12,18-23H,2-9,11,13-17H2,1H3. The second-order valence-electron chi connectivity index (χ2n) is 9.65. The Balaban J connectivity index is 1.75. The minimum absolute atomic E-state index is 0.495. The third-order valence-electron chi connectivity index (χ3n) is 8.49. The molecule has 0 aromatic heterocycles. The summed E-state index contributed by atoms with van der Waals surface area (Å²) in [6, 6.07) is 0. The molecular formula is C24H38. The summed E-state index contributed by atoms with van der Waals surface area (Å²) in [6.45, 7) is 2.66. The highest BCUT2D eigenvalue weighted by molar-refractivity contribution is 5.10. The summed E-state index contributed by atoms with van der Waals surface area (Å²) in [4.78, 5) is 0. The molecule has 6 unspecified atom stereocenters. The van der Waals surface area contributed by atoms with Gasteiger partial charge in [0.25, 0.3) is 0 Å². The van der Waals surface area contributed by atoms with E-state index in [1.807, 2.05) is 0 Å². The van der Waals surface area contributed by atoms with Gasteiger partial charge in [0.05, 0.1) is 0 Å². The van der Waals surface area contributed by atoms with Crippen LogP contribution in [0.2, 0.25) is 0 Å². The Morgan fingerprint density at radius 1 is 0.750 bits per heavy atom. The molecule has 0 aliphatic heterocycles. The van der Waals surface area contributed by atoms with Gasteiger partial charge in [0.15, 0.2) is 0 Å². The van der Waals surface area contributed by atoms with E-state index in [4.69, 9.17) is 0 Å². The van der Waals surface area contributed by atoms with Crippen LogP contribution < -0.4 is 0 Å². The predicted octanol–water partition coefficient (Wildman–Crippen LogP) is 7.30. The Hall–Kier alpha value is -0.480. The van der Waals surface area contributed by atoms with Gasteiger partial charge in [-0.05, 0) is 85.7 Å². The van der Waals surface area contributed by atoms with Crippen LogP contribution in [0.25, 0.3) is 0 Å². The van der Waals surface area contributed by atoms with E-state index in [1.165, 1.54) is 89.9 Å². The number of rotatable bonds is 0. The second kappa shape index (κ2) is 7.41. The van der Waals surface area contributed by atoms with Crippen molar-refractivity contribution in [2.75, 3.05) is 0 Å². The minimum Gasteiger partial charge on any atom is -0.129 e. The van der Waals surface area contributed by atoms with Gasteiger partial charge in [0.1, 0.15) is 0 Å². The van der Waals surface area contributed by atoms with Gasteiger partial charge in [-0.15, -0.1) is 5.73 Å². The van der Waals surface area contributed by atoms with Crippen molar-refractivity contribution in [2.24, 2.45) is 35.0 Å². The quantitative estimate of drug-likeness (QED) is 0.410. The lowest BCUT2D eigenvalue weighted by Gasteiger charge is -2.50. The van der Waals surface area contributed by atoms with E-state index in [0.717, 1.165) is 29.6 Å². The average Bonchev–Trinajstić information content (AvgIpc) is 2.64. The maximum absolute atomic E-state index is 3.82. The van der Waals surface area contributed by atoms with Gasteiger partial charge in [-0.25, -0.2) is 0 Å². The molecule has 2 fully saturated rings. The third-order valence-corrected chi connectivity index (χ3v) is 8.49. The molecule has 1 spiro atoms. The molecule has 2 bridgehead atoms.